The van der Waals surface area contributed by atoms with Crippen LogP contribution in [0.5, 0.6) is 0 Å². The molecule has 90 valence electrons. The van der Waals surface area contributed by atoms with Crippen LogP contribution in [0.3, 0.4) is 0 Å². The Morgan fingerprint density at radius 2 is 2.12 bits per heavy atom. The van der Waals surface area contributed by atoms with Crippen molar-refractivity contribution in [2.24, 2.45) is 0 Å². The molecule has 0 aliphatic heterocycles. The van der Waals surface area contributed by atoms with Crippen molar-refractivity contribution in [2.75, 3.05) is 7.05 Å². The summed E-state index contributed by atoms with van der Waals surface area (Å²) in [6.45, 7) is 2.12. The zero-order valence-electron chi connectivity index (χ0n) is 9.63. The molecule has 1 atom stereocenters. The smallest absolute Gasteiger partial charge is 0.0686 e. The van der Waals surface area contributed by atoms with Crippen LogP contribution in [0.2, 0.25) is 5.02 Å². The predicted octanol–water partition coefficient (Wildman–Crippen LogP) is 4.78. The predicted molar refractivity (Wildman–Crippen MR) is 79.1 cm³/mol. The Morgan fingerprint density at radius 3 is 2.71 bits per heavy atom. The van der Waals surface area contributed by atoms with Crippen LogP contribution in [-0.4, -0.2) is 7.05 Å². The van der Waals surface area contributed by atoms with E-state index in [2.05, 4.69) is 46.4 Å². The van der Waals surface area contributed by atoms with Gasteiger partial charge in [0, 0.05) is 9.35 Å². The van der Waals surface area contributed by atoms with Gasteiger partial charge >= 0.3 is 0 Å². The highest BCUT2D eigenvalue weighted by Crippen LogP contribution is 2.34. The molecule has 2 rings (SSSR count). The third-order valence-corrected chi connectivity index (χ3v) is 4.66. The molecule has 17 heavy (non-hydrogen) atoms. The van der Waals surface area contributed by atoms with Gasteiger partial charge in [-0.15, -0.1) is 11.3 Å². The Hall–Kier alpha value is -0.350. The molecular formula is C13H13BrClNS. The summed E-state index contributed by atoms with van der Waals surface area (Å²) in [4.78, 5) is 1.16. The number of rotatable bonds is 3. The summed E-state index contributed by atoms with van der Waals surface area (Å²) in [7, 11) is 1.96. The largest absolute Gasteiger partial charge is 0.309 e. The molecule has 1 N–H and O–H groups in total. The number of hydrogen-bond acceptors (Lipinski definition) is 2. The highest BCUT2D eigenvalue weighted by atomic mass is 79.9. The molecule has 1 unspecified atom stereocenters. The monoisotopic (exact) mass is 329 g/mol. The normalized spacial score (nSPS) is 12.7. The van der Waals surface area contributed by atoms with Gasteiger partial charge in [-0.2, -0.15) is 0 Å². The van der Waals surface area contributed by atoms with Crippen LogP contribution in [-0.2, 0) is 0 Å². The second-order valence-electron chi connectivity index (χ2n) is 3.86. The Balaban J connectivity index is 2.49. The van der Waals surface area contributed by atoms with Crippen LogP contribution < -0.4 is 5.32 Å². The molecule has 0 saturated heterocycles. The molecule has 1 heterocycles. The second kappa shape index (κ2) is 5.53. The zero-order valence-corrected chi connectivity index (χ0v) is 12.8. The van der Waals surface area contributed by atoms with E-state index in [1.54, 1.807) is 11.3 Å². The Kier molecular flexibility index (Phi) is 4.26. The SMILES string of the molecule is CNC(c1cc(Br)ccc1C)c1sccc1Cl. The fourth-order valence-electron chi connectivity index (χ4n) is 1.86. The van der Waals surface area contributed by atoms with Crippen LogP contribution in [0.1, 0.15) is 22.0 Å². The Morgan fingerprint density at radius 1 is 1.35 bits per heavy atom. The fraction of sp³-hybridized carbons (Fsp3) is 0.231. The van der Waals surface area contributed by atoms with E-state index in [9.17, 15) is 0 Å². The maximum Gasteiger partial charge on any atom is 0.0686 e. The molecule has 1 nitrogen and oxygen atoms in total. The first kappa shape index (κ1) is 13.1. The summed E-state index contributed by atoms with van der Waals surface area (Å²) in [5.74, 6) is 0. The lowest BCUT2D eigenvalue weighted by Crippen LogP contribution is -2.17. The summed E-state index contributed by atoms with van der Waals surface area (Å²) >= 11 is 11.4. The first-order valence-electron chi connectivity index (χ1n) is 5.29. The zero-order chi connectivity index (χ0) is 12.4. The molecule has 0 aliphatic rings. The fourth-order valence-corrected chi connectivity index (χ4v) is 3.53. The van der Waals surface area contributed by atoms with E-state index in [0.717, 1.165) is 14.4 Å². The van der Waals surface area contributed by atoms with E-state index in [-0.39, 0.29) is 6.04 Å². The first-order chi connectivity index (χ1) is 8.13. The number of hydrogen-bond donors (Lipinski definition) is 1. The minimum absolute atomic E-state index is 0.153. The van der Waals surface area contributed by atoms with Crippen molar-refractivity contribution in [3.63, 3.8) is 0 Å². The van der Waals surface area contributed by atoms with Gasteiger partial charge in [-0.1, -0.05) is 33.6 Å². The lowest BCUT2D eigenvalue weighted by atomic mass is 10.0. The molecule has 0 amide bonds. The molecule has 0 saturated carbocycles. The molecule has 1 aromatic heterocycles. The van der Waals surface area contributed by atoms with E-state index in [1.165, 1.54) is 11.1 Å². The van der Waals surface area contributed by atoms with Gasteiger partial charge in [-0.25, -0.2) is 0 Å². The highest BCUT2D eigenvalue weighted by Gasteiger charge is 2.18. The van der Waals surface area contributed by atoms with Crippen molar-refractivity contribution in [3.8, 4) is 0 Å². The van der Waals surface area contributed by atoms with Gasteiger partial charge < -0.3 is 5.32 Å². The maximum absolute atomic E-state index is 6.21. The number of nitrogens with one attached hydrogen (secondary N) is 1. The number of thiophene rings is 1. The van der Waals surface area contributed by atoms with E-state index >= 15 is 0 Å². The van der Waals surface area contributed by atoms with Crippen molar-refractivity contribution in [1.82, 2.24) is 5.32 Å². The van der Waals surface area contributed by atoms with Crippen LogP contribution in [0.4, 0.5) is 0 Å². The molecule has 1 aromatic carbocycles. The average Bonchev–Trinajstić information content (AvgIpc) is 2.71. The van der Waals surface area contributed by atoms with Gasteiger partial charge in [-0.3, -0.25) is 0 Å². The van der Waals surface area contributed by atoms with E-state index in [0.29, 0.717) is 0 Å². The standard InChI is InChI=1S/C13H13BrClNS/c1-8-3-4-9(14)7-10(8)12(16-2)13-11(15)5-6-17-13/h3-7,12,16H,1-2H3. The molecular weight excluding hydrogens is 318 g/mol. The van der Waals surface area contributed by atoms with Crippen LogP contribution in [0.15, 0.2) is 34.1 Å². The molecule has 0 radical (unpaired) electrons. The number of aryl methyl sites for hydroxylation is 1. The molecule has 0 spiro atoms. The van der Waals surface area contributed by atoms with Crippen molar-refractivity contribution in [2.45, 2.75) is 13.0 Å². The second-order valence-corrected chi connectivity index (χ2v) is 6.13. The topological polar surface area (TPSA) is 12.0 Å². The number of halogens is 2. The van der Waals surface area contributed by atoms with Gasteiger partial charge in [0.05, 0.1) is 11.1 Å². The van der Waals surface area contributed by atoms with Crippen molar-refractivity contribution >= 4 is 38.9 Å². The van der Waals surface area contributed by atoms with Gasteiger partial charge in [0.2, 0.25) is 0 Å². The van der Waals surface area contributed by atoms with Gasteiger partial charge in [0.25, 0.3) is 0 Å². The average molecular weight is 331 g/mol. The minimum atomic E-state index is 0.153. The third kappa shape index (κ3) is 2.74. The molecule has 2 aromatic rings. The van der Waals surface area contributed by atoms with Crippen LogP contribution >= 0.6 is 38.9 Å². The molecule has 0 bridgehead atoms. The van der Waals surface area contributed by atoms with Gasteiger partial charge in [0.1, 0.15) is 0 Å². The van der Waals surface area contributed by atoms with E-state index in [4.69, 9.17) is 11.6 Å². The van der Waals surface area contributed by atoms with Crippen molar-refractivity contribution < 1.29 is 0 Å². The summed E-state index contributed by atoms with van der Waals surface area (Å²) in [6, 6.07) is 8.42. The van der Waals surface area contributed by atoms with Gasteiger partial charge in [0.15, 0.2) is 0 Å². The van der Waals surface area contributed by atoms with E-state index in [1.807, 2.05) is 18.5 Å². The summed E-state index contributed by atoms with van der Waals surface area (Å²) in [6.07, 6.45) is 0. The summed E-state index contributed by atoms with van der Waals surface area (Å²) in [5.41, 5.74) is 2.52. The summed E-state index contributed by atoms with van der Waals surface area (Å²) < 4.78 is 1.09. The first-order valence-corrected chi connectivity index (χ1v) is 7.34. The Labute approximate surface area is 119 Å². The Bertz CT molecular complexity index is 524. The minimum Gasteiger partial charge on any atom is -0.309 e. The quantitative estimate of drug-likeness (QED) is 0.854. The van der Waals surface area contributed by atoms with Gasteiger partial charge in [-0.05, 0) is 48.7 Å². The van der Waals surface area contributed by atoms with Crippen LogP contribution in [0, 0.1) is 6.92 Å². The van der Waals surface area contributed by atoms with Crippen molar-refractivity contribution in [3.05, 3.63) is 55.1 Å². The molecule has 0 fully saturated rings. The highest BCUT2D eigenvalue weighted by molar-refractivity contribution is 9.10. The van der Waals surface area contributed by atoms with Crippen LogP contribution in [0.25, 0.3) is 0 Å². The lowest BCUT2D eigenvalue weighted by Gasteiger charge is -2.18. The van der Waals surface area contributed by atoms with E-state index < -0.39 is 0 Å². The maximum atomic E-state index is 6.21. The lowest BCUT2D eigenvalue weighted by molar-refractivity contribution is 0.699. The third-order valence-electron chi connectivity index (χ3n) is 2.75. The molecule has 4 heteroatoms. The number of benzene rings is 1. The summed E-state index contributed by atoms with van der Waals surface area (Å²) in [5, 5.41) is 6.19. The molecule has 0 aliphatic carbocycles. The van der Waals surface area contributed by atoms with Crippen molar-refractivity contribution in [1.29, 1.82) is 0 Å².